The van der Waals surface area contributed by atoms with Crippen molar-refractivity contribution in [1.29, 1.82) is 0 Å². The predicted molar refractivity (Wildman–Crippen MR) is 77.8 cm³/mol. The van der Waals surface area contributed by atoms with Crippen LogP contribution in [0.15, 0.2) is 18.2 Å². The fourth-order valence-electron chi connectivity index (χ4n) is 2.99. The van der Waals surface area contributed by atoms with Gasteiger partial charge in [0.15, 0.2) is 0 Å². The highest BCUT2D eigenvalue weighted by Gasteiger charge is 2.19. The number of anilines is 1. The number of hydrogen-bond acceptors (Lipinski definition) is 2. The maximum atomic E-state index is 11.2. The second-order valence-corrected chi connectivity index (χ2v) is 5.87. The van der Waals surface area contributed by atoms with Gasteiger partial charge >= 0.3 is 5.97 Å². The van der Waals surface area contributed by atoms with Crippen LogP contribution in [0.4, 0.5) is 5.69 Å². The van der Waals surface area contributed by atoms with Gasteiger partial charge in [-0.15, -0.1) is 0 Å². The Bertz CT molecular complexity index is 456. The van der Waals surface area contributed by atoms with Gasteiger partial charge in [-0.3, -0.25) is 0 Å². The van der Waals surface area contributed by atoms with Crippen LogP contribution in [0, 0.1) is 18.8 Å². The van der Waals surface area contributed by atoms with Crippen molar-refractivity contribution in [2.45, 2.75) is 39.5 Å². The summed E-state index contributed by atoms with van der Waals surface area (Å²) in [6.45, 7) is 5.18. The fourth-order valence-corrected chi connectivity index (χ4v) is 2.99. The number of aryl methyl sites for hydroxylation is 1. The first-order valence-corrected chi connectivity index (χ1v) is 7.14. The first-order valence-electron chi connectivity index (χ1n) is 7.14. The van der Waals surface area contributed by atoms with Crippen LogP contribution in [0.2, 0.25) is 0 Å². The molecular formula is C16H23NO2. The molecule has 2 atom stereocenters. The zero-order chi connectivity index (χ0) is 13.8. The van der Waals surface area contributed by atoms with Crippen molar-refractivity contribution in [3.63, 3.8) is 0 Å². The summed E-state index contributed by atoms with van der Waals surface area (Å²) in [5.74, 6) is 0.613. The monoisotopic (exact) mass is 261 g/mol. The number of aromatic carboxylic acids is 1. The number of nitrogens with one attached hydrogen (secondary N) is 1. The molecule has 0 spiro atoms. The summed E-state index contributed by atoms with van der Waals surface area (Å²) in [5, 5.41) is 12.5. The largest absolute Gasteiger partial charge is 0.478 e. The second-order valence-electron chi connectivity index (χ2n) is 5.87. The Kier molecular flexibility index (Phi) is 4.46. The number of carboxylic acids is 1. The minimum Gasteiger partial charge on any atom is -0.478 e. The first kappa shape index (κ1) is 13.9. The number of benzene rings is 1. The molecule has 1 saturated carbocycles. The van der Waals surface area contributed by atoms with Gasteiger partial charge in [-0.1, -0.05) is 25.8 Å². The van der Waals surface area contributed by atoms with E-state index >= 15 is 0 Å². The highest BCUT2D eigenvalue weighted by Crippen LogP contribution is 2.29. The van der Waals surface area contributed by atoms with Gasteiger partial charge in [0.1, 0.15) is 0 Å². The highest BCUT2D eigenvalue weighted by molar-refractivity contribution is 5.94. The van der Waals surface area contributed by atoms with Gasteiger partial charge in [0.2, 0.25) is 0 Å². The summed E-state index contributed by atoms with van der Waals surface area (Å²) in [6, 6.07) is 5.45. The van der Waals surface area contributed by atoms with Gasteiger partial charge in [-0.05, 0) is 49.3 Å². The molecule has 19 heavy (non-hydrogen) atoms. The van der Waals surface area contributed by atoms with Crippen molar-refractivity contribution in [1.82, 2.24) is 0 Å². The Morgan fingerprint density at radius 1 is 1.42 bits per heavy atom. The molecule has 0 heterocycles. The van der Waals surface area contributed by atoms with E-state index in [1.807, 2.05) is 19.1 Å². The molecule has 3 nitrogen and oxygen atoms in total. The number of carbonyl (C=O) groups is 1. The van der Waals surface area contributed by atoms with E-state index in [9.17, 15) is 9.90 Å². The average molecular weight is 261 g/mol. The molecule has 3 heteroatoms. The predicted octanol–water partition coefficient (Wildman–Crippen LogP) is 3.93. The lowest BCUT2D eigenvalue weighted by atomic mass is 9.82. The van der Waals surface area contributed by atoms with Crippen molar-refractivity contribution in [2.24, 2.45) is 11.8 Å². The van der Waals surface area contributed by atoms with Crippen molar-refractivity contribution in [3.05, 3.63) is 29.3 Å². The van der Waals surface area contributed by atoms with E-state index in [1.54, 1.807) is 6.07 Å². The van der Waals surface area contributed by atoms with E-state index in [-0.39, 0.29) is 0 Å². The van der Waals surface area contributed by atoms with Gasteiger partial charge in [-0.25, -0.2) is 4.79 Å². The molecule has 0 amide bonds. The van der Waals surface area contributed by atoms with Crippen LogP contribution in [0.3, 0.4) is 0 Å². The van der Waals surface area contributed by atoms with Gasteiger partial charge in [0.25, 0.3) is 0 Å². The van der Waals surface area contributed by atoms with Crippen LogP contribution in [-0.4, -0.2) is 17.6 Å². The molecule has 2 N–H and O–H groups in total. The maximum Gasteiger partial charge on any atom is 0.337 e. The minimum absolute atomic E-state index is 0.370. The van der Waals surface area contributed by atoms with Gasteiger partial charge < -0.3 is 10.4 Å². The summed E-state index contributed by atoms with van der Waals surface area (Å²) in [6.07, 6.45) is 5.14. The molecule has 104 valence electrons. The molecule has 0 bridgehead atoms. The second kappa shape index (κ2) is 6.09. The first-order chi connectivity index (χ1) is 9.06. The third-order valence-corrected chi connectivity index (χ3v) is 4.03. The van der Waals surface area contributed by atoms with Crippen molar-refractivity contribution >= 4 is 11.7 Å². The molecule has 2 rings (SSSR count). The lowest BCUT2D eigenvalue weighted by Gasteiger charge is -2.27. The van der Waals surface area contributed by atoms with Crippen LogP contribution in [0.25, 0.3) is 0 Å². The summed E-state index contributed by atoms with van der Waals surface area (Å²) in [4.78, 5) is 11.2. The van der Waals surface area contributed by atoms with E-state index in [4.69, 9.17) is 0 Å². The summed E-state index contributed by atoms with van der Waals surface area (Å²) in [7, 11) is 0. The Morgan fingerprint density at radius 2 is 2.21 bits per heavy atom. The molecule has 0 saturated heterocycles. The van der Waals surface area contributed by atoms with Crippen LogP contribution in [0.1, 0.15) is 48.5 Å². The van der Waals surface area contributed by atoms with Crippen molar-refractivity contribution in [2.75, 3.05) is 11.9 Å². The molecule has 1 aromatic rings. The fraction of sp³-hybridized carbons (Fsp3) is 0.562. The molecular weight excluding hydrogens is 238 g/mol. The minimum atomic E-state index is -0.862. The normalized spacial score (nSPS) is 23.1. The SMILES string of the molecule is Cc1ccc(C(=O)O)c(NCC2CCCC(C)C2)c1. The smallest absolute Gasteiger partial charge is 0.337 e. The third-order valence-electron chi connectivity index (χ3n) is 4.03. The Hall–Kier alpha value is -1.51. The molecule has 0 aliphatic heterocycles. The summed E-state index contributed by atoms with van der Waals surface area (Å²) < 4.78 is 0. The molecule has 0 radical (unpaired) electrons. The van der Waals surface area contributed by atoms with Crippen LogP contribution in [0.5, 0.6) is 0 Å². The Balaban J connectivity index is 2.02. The lowest BCUT2D eigenvalue weighted by Crippen LogP contribution is -2.21. The molecule has 1 fully saturated rings. The zero-order valence-electron chi connectivity index (χ0n) is 11.8. The van der Waals surface area contributed by atoms with Gasteiger partial charge in [0, 0.05) is 12.2 Å². The zero-order valence-corrected chi connectivity index (χ0v) is 11.8. The lowest BCUT2D eigenvalue weighted by molar-refractivity contribution is 0.0698. The van der Waals surface area contributed by atoms with Crippen LogP contribution in [-0.2, 0) is 0 Å². The van der Waals surface area contributed by atoms with E-state index in [0.29, 0.717) is 11.5 Å². The standard InChI is InChI=1S/C16H23NO2/c1-11-4-3-5-13(8-11)10-17-15-9-12(2)6-7-14(15)16(18)19/h6-7,9,11,13,17H,3-5,8,10H2,1-2H3,(H,18,19). The number of carboxylic acid groups (broad SMARTS) is 1. The molecule has 2 unspecified atom stereocenters. The molecule has 1 aliphatic carbocycles. The van der Waals surface area contributed by atoms with E-state index in [0.717, 1.165) is 23.7 Å². The van der Waals surface area contributed by atoms with Gasteiger partial charge in [0.05, 0.1) is 5.56 Å². The molecule has 1 aliphatic rings. The quantitative estimate of drug-likeness (QED) is 0.863. The maximum absolute atomic E-state index is 11.2. The third kappa shape index (κ3) is 3.72. The van der Waals surface area contributed by atoms with Crippen molar-refractivity contribution in [3.8, 4) is 0 Å². The van der Waals surface area contributed by atoms with E-state index in [1.165, 1.54) is 25.7 Å². The summed E-state index contributed by atoms with van der Waals surface area (Å²) >= 11 is 0. The number of hydrogen-bond donors (Lipinski definition) is 2. The average Bonchev–Trinajstić information content (AvgIpc) is 2.36. The molecule has 0 aromatic heterocycles. The topological polar surface area (TPSA) is 49.3 Å². The van der Waals surface area contributed by atoms with Crippen LogP contribution >= 0.6 is 0 Å². The van der Waals surface area contributed by atoms with E-state index < -0.39 is 5.97 Å². The number of rotatable bonds is 4. The van der Waals surface area contributed by atoms with Crippen LogP contribution < -0.4 is 5.32 Å². The van der Waals surface area contributed by atoms with Crippen molar-refractivity contribution < 1.29 is 9.90 Å². The Morgan fingerprint density at radius 3 is 2.89 bits per heavy atom. The van der Waals surface area contributed by atoms with E-state index in [2.05, 4.69) is 12.2 Å². The summed E-state index contributed by atoms with van der Waals surface area (Å²) in [5.41, 5.74) is 2.21. The molecule has 1 aromatic carbocycles. The Labute approximate surface area is 115 Å². The van der Waals surface area contributed by atoms with Gasteiger partial charge in [-0.2, -0.15) is 0 Å². The highest BCUT2D eigenvalue weighted by atomic mass is 16.4.